The molecule has 0 bridgehead atoms. The molecule has 16 heavy (non-hydrogen) atoms. The Hall–Kier alpha value is -0.130. The lowest BCUT2D eigenvalue weighted by molar-refractivity contribution is 0.344. The molecule has 1 aromatic rings. The zero-order chi connectivity index (χ0) is 12.1. The van der Waals surface area contributed by atoms with Gasteiger partial charge < -0.3 is 0 Å². The van der Waals surface area contributed by atoms with E-state index in [1.54, 1.807) is 0 Å². The Balaban J connectivity index is 3.07. The van der Waals surface area contributed by atoms with Crippen molar-refractivity contribution in [3.8, 4) is 0 Å². The largest absolute Gasteiger partial charge is 0.271 e. The Morgan fingerprint density at radius 2 is 1.94 bits per heavy atom. The van der Waals surface area contributed by atoms with E-state index < -0.39 is 0 Å². The maximum atomic E-state index is 5.72. The molecule has 0 saturated carbocycles. The average Bonchev–Trinajstić information content (AvgIpc) is 2.30. The van der Waals surface area contributed by atoms with Gasteiger partial charge in [0.1, 0.15) is 0 Å². The molecule has 1 aromatic carbocycles. The van der Waals surface area contributed by atoms with E-state index in [-0.39, 0.29) is 6.04 Å². The SMILES string of the molecule is CCC(CC)C(NN)c1cccc(C)c1I. The van der Waals surface area contributed by atoms with Crippen LogP contribution in [0, 0.1) is 16.4 Å². The molecule has 1 atom stereocenters. The van der Waals surface area contributed by atoms with Gasteiger partial charge in [0.25, 0.3) is 0 Å². The summed E-state index contributed by atoms with van der Waals surface area (Å²) in [7, 11) is 0. The molecule has 0 aliphatic heterocycles. The van der Waals surface area contributed by atoms with Crippen LogP contribution in [0.1, 0.15) is 43.9 Å². The lowest BCUT2D eigenvalue weighted by Crippen LogP contribution is -2.33. The smallest absolute Gasteiger partial charge is 0.0498 e. The van der Waals surface area contributed by atoms with Crippen LogP contribution in [0.3, 0.4) is 0 Å². The molecule has 3 heteroatoms. The third-order valence-corrected chi connectivity index (χ3v) is 4.73. The number of hydrazine groups is 1. The molecule has 0 radical (unpaired) electrons. The normalized spacial score (nSPS) is 13.1. The van der Waals surface area contributed by atoms with Gasteiger partial charge in [0.05, 0.1) is 0 Å². The van der Waals surface area contributed by atoms with Crippen molar-refractivity contribution in [2.45, 2.75) is 39.7 Å². The molecular formula is C13H21IN2. The standard InChI is InChI=1S/C13H21IN2/c1-4-10(5-2)13(16-15)11-8-6-7-9(3)12(11)14/h6-8,10,13,16H,4-5,15H2,1-3H3. The first kappa shape index (κ1) is 13.9. The molecule has 0 amide bonds. The number of nitrogens with one attached hydrogen (secondary N) is 1. The van der Waals surface area contributed by atoms with E-state index in [9.17, 15) is 0 Å². The van der Waals surface area contributed by atoms with Gasteiger partial charge in [-0.25, -0.2) is 0 Å². The summed E-state index contributed by atoms with van der Waals surface area (Å²) >= 11 is 2.41. The van der Waals surface area contributed by atoms with E-state index in [1.165, 1.54) is 14.7 Å². The summed E-state index contributed by atoms with van der Waals surface area (Å²) in [6.07, 6.45) is 2.30. The number of rotatable bonds is 5. The molecule has 0 aliphatic rings. The monoisotopic (exact) mass is 332 g/mol. The number of halogens is 1. The minimum atomic E-state index is 0.266. The van der Waals surface area contributed by atoms with Gasteiger partial charge in [-0.2, -0.15) is 0 Å². The first-order valence-electron chi connectivity index (χ1n) is 5.86. The van der Waals surface area contributed by atoms with E-state index in [0.29, 0.717) is 5.92 Å². The van der Waals surface area contributed by atoms with Crippen LogP contribution in [0.15, 0.2) is 18.2 Å². The summed E-state index contributed by atoms with van der Waals surface area (Å²) in [6, 6.07) is 6.70. The van der Waals surface area contributed by atoms with Crippen LogP contribution in [-0.4, -0.2) is 0 Å². The summed E-state index contributed by atoms with van der Waals surface area (Å²) in [5, 5.41) is 0. The van der Waals surface area contributed by atoms with Crippen molar-refractivity contribution in [2.75, 3.05) is 0 Å². The van der Waals surface area contributed by atoms with Gasteiger partial charge in [0.15, 0.2) is 0 Å². The van der Waals surface area contributed by atoms with Crippen LogP contribution in [0.25, 0.3) is 0 Å². The highest BCUT2D eigenvalue weighted by Gasteiger charge is 2.21. The summed E-state index contributed by atoms with van der Waals surface area (Å²) in [6.45, 7) is 6.59. The molecule has 2 nitrogen and oxygen atoms in total. The highest BCUT2D eigenvalue weighted by Crippen LogP contribution is 2.30. The van der Waals surface area contributed by atoms with Crippen LogP contribution < -0.4 is 11.3 Å². The van der Waals surface area contributed by atoms with Crippen LogP contribution in [0.5, 0.6) is 0 Å². The van der Waals surface area contributed by atoms with Crippen molar-refractivity contribution >= 4 is 22.6 Å². The van der Waals surface area contributed by atoms with Crippen molar-refractivity contribution in [2.24, 2.45) is 11.8 Å². The highest BCUT2D eigenvalue weighted by molar-refractivity contribution is 14.1. The summed E-state index contributed by atoms with van der Waals surface area (Å²) in [4.78, 5) is 0. The number of hydrogen-bond donors (Lipinski definition) is 2. The maximum Gasteiger partial charge on any atom is 0.0498 e. The second-order valence-electron chi connectivity index (χ2n) is 4.20. The third-order valence-electron chi connectivity index (χ3n) is 3.26. The Morgan fingerprint density at radius 1 is 1.31 bits per heavy atom. The average molecular weight is 332 g/mol. The Morgan fingerprint density at radius 3 is 2.44 bits per heavy atom. The molecule has 90 valence electrons. The molecule has 0 spiro atoms. The second kappa shape index (κ2) is 6.57. The predicted molar refractivity (Wildman–Crippen MR) is 78.0 cm³/mol. The van der Waals surface area contributed by atoms with Gasteiger partial charge in [0, 0.05) is 9.61 Å². The molecular weight excluding hydrogens is 311 g/mol. The maximum absolute atomic E-state index is 5.72. The van der Waals surface area contributed by atoms with Gasteiger partial charge in [0.2, 0.25) is 0 Å². The van der Waals surface area contributed by atoms with E-state index in [1.807, 2.05) is 0 Å². The molecule has 1 unspecified atom stereocenters. The fourth-order valence-electron chi connectivity index (χ4n) is 2.15. The van der Waals surface area contributed by atoms with Crippen molar-refractivity contribution in [1.82, 2.24) is 5.43 Å². The second-order valence-corrected chi connectivity index (χ2v) is 5.28. The zero-order valence-electron chi connectivity index (χ0n) is 10.3. The van der Waals surface area contributed by atoms with Gasteiger partial charge >= 0.3 is 0 Å². The Labute approximate surface area is 112 Å². The zero-order valence-corrected chi connectivity index (χ0v) is 12.4. The van der Waals surface area contributed by atoms with Crippen LogP contribution in [-0.2, 0) is 0 Å². The first-order valence-corrected chi connectivity index (χ1v) is 6.94. The molecule has 0 aliphatic carbocycles. The van der Waals surface area contributed by atoms with Crippen molar-refractivity contribution < 1.29 is 0 Å². The molecule has 0 heterocycles. The first-order chi connectivity index (χ1) is 7.65. The van der Waals surface area contributed by atoms with Crippen LogP contribution in [0.2, 0.25) is 0 Å². The number of nitrogens with two attached hydrogens (primary N) is 1. The van der Waals surface area contributed by atoms with Crippen molar-refractivity contribution in [3.63, 3.8) is 0 Å². The molecule has 1 rings (SSSR count). The summed E-state index contributed by atoms with van der Waals surface area (Å²) < 4.78 is 1.33. The Bertz CT molecular complexity index is 335. The molecule has 0 aromatic heterocycles. The Kier molecular flexibility index (Phi) is 5.72. The molecule has 3 N–H and O–H groups in total. The lowest BCUT2D eigenvalue weighted by atomic mass is 9.89. The van der Waals surface area contributed by atoms with Gasteiger partial charge in [-0.05, 0) is 46.6 Å². The van der Waals surface area contributed by atoms with E-state index in [0.717, 1.165) is 12.8 Å². The van der Waals surface area contributed by atoms with Gasteiger partial charge in [-0.1, -0.05) is 44.9 Å². The van der Waals surface area contributed by atoms with Gasteiger partial charge in [-0.3, -0.25) is 11.3 Å². The number of hydrogen-bond acceptors (Lipinski definition) is 2. The fraction of sp³-hybridized carbons (Fsp3) is 0.538. The summed E-state index contributed by atoms with van der Waals surface area (Å²) in [5.41, 5.74) is 5.64. The predicted octanol–water partition coefficient (Wildman–Crippen LogP) is 3.54. The third kappa shape index (κ3) is 2.96. The topological polar surface area (TPSA) is 38.0 Å². The number of aryl methyl sites for hydroxylation is 1. The fourth-order valence-corrected chi connectivity index (χ4v) is 2.85. The van der Waals surface area contributed by atoms with Crippen molar-refractivity contribution in [1.29, 1.82) is 0 Å². The lowest BCUT2D eigenvalue weighted by Gasteiger charge is -2.26. The van der Waals surface area contributed by atoms with Gasteiger partial charge in [-0.15, -0.1) is 0 Å². The molecule has 0 fully saturated rings. The van der Waals surface area contributed by atoms with E-state index in [2.05, 4.69) is 67.0 Å². The van der Waals surface area contributed by atoms with Crippen molar-refractivity contribution in [3.05, 3.63) is 32.9 Å². The van der Waals surface area contributed by atoms with Crippen LogP contribution >= 0.6 is 22.6 Å². The minimum absolute atomic E-state index is 0.266. The van der Waals surface area contributed by atoms with Crippen LogP contribution in [0.4, 0.5) is 0 Å². The quantitative estimate of drug-likeness (QED) is 0.492. The highest BCUT2D eigenvalue weighted by atomic mass is 127. The minimum Gasteiger partial charge on any atom is -0.271 e. The van der Waals surface area contributed by atoms with E-state index in [4.69, 9.17) is 5.84 Å². The molecule has 0 saturated heterocycles. The number of benzene rings is 1. The van der Waals surface area contributed by atoms with E-state index >= 15 is 0 Å². The summed E-state index contributed by atoms with van der Waals surface area (Å²) in [5.74, 6) is 6.32.